The van der Waals surface area contributed by atoms with E-state index < -0.39 is 0 Å². The summed E-state index contributed by atoms with van der Waals surface area (Å²) in [6.07, 6.45) is 1.78. The van der Waals surface area contributed by atoms with Crippen LogP contribution in [0.3, 0.4) is 0 Å². The second kappa shape index (κ2) is 7.98. The molecule has 8 nitrogen and oxygen atoms in total. The molecule has 29 heavy (non-hydrogen) atoms. The Kier molecular flexibility index (Phi) is 5.24. The molecular formula is C21H25N5O3. The Hall–Kier alpha value is -3.29. The lowest BCUT2D eigenvalue weighted by molar-refractivity contribution is 0.315. The third-order valence-corrected chi connectivity index (χ3v) is 5.43. The number of ether oxygens (including phenoxy) is 3. The Morgan fingerprint density at radius 1 is 1.00 bits per heavy atom. The molecule has 0 aliphatic carbocycles. The highest BCUT2D eigenvalue weighted by Crippen LogP contribution is 2.46. The fourth-order valence-electron chi connectivity index (χ4n) is 3.89. The number of aromatic nitrogens is 4. The molecule has 0 saturated carbocycles. The van der Waals surface area contributed by atoms with E-state index in [0.29, 0.717) is 23.2 Å². The monoisotopic (exact) mass is 395 g/mol. The number of rotatable bonds is 6. The summed E-state index contributed by atoms with van der Waals surface area (Å²) >= 11 is 0. The molecule has 0 fully saturated rings. The molecule has 0 bridgehead atoms. The van der Waals surface area contributed by atoms with Crippen molar-refractivity contribution in [2.24, 2.45) is 0 Å². The maximum Gasteiger partial charge on any atom is 0.243 e. The van der Waals surface area contributed by atoms with Crippen LogP contribution >= 0.6 is 0 Å². The second-order valence-corrected chi connectivity index (χ2v) is 6.91. The summed E-state index contributed by atoms with van der Waals surface area (Å²) in [6.45, 7) is 2.15. The first-order valence-corrected chi connectivity index (χ1v) is 9.62. The minimum Gasteiger partial charge on any atom is -0.493 e. The van der Waals surface area contributed by atoms with E-state index in [4.69, 9.17) is 14.2 Å². The lowest BCUT2D eigenvalue weighted by Gasteiger charge is -2.32. The van der Waals surface area contributed by atoms with Crippen LogP contribution in [0.4, 0.5) is 5.95 Å². The van der Waals surface area contributed by atoms with Gasteiger partial charge in [-0.2, -0.15) is 0 Å². The highest BCUT2D eigenvalue weighted by Gasteiger charge is 2.33. The largest absolute Gasteiger partial charge is 0.493 e. The molecule has 3 aromatic rings. The summed E-state index contributed by atoms with van der Waals surface area (Å²) in [5.74, 6) is 2.43. The van der Waals surface area contributed by atoms with Crippen molar-refractivity contribution in [1.82, 2.24) is 20.2 Å². The van der Waals surface area contributed by atoms with Crippen LogP contribution in [0.2, 0.25) is 0 Å². The number of methoxy groups -OCH3 is 3. The quantitative estimate of drug-likeness (QED) is 0.685. The molecule has 0 unspecified atom stereocenters. The van der Waals surface area contributed by atoms with Crippen LogP contribution in [0.15, 0.2) is 36.4 Å². The first kappa shape index (κ1) is 19.0. The molecule has 2 atom stereocenters. The molecule has 2 heterocycles. The van der Waals surface area contributed by atoms with E-state index in [9.17, 15) is 0 Å². The van der Waals surface area contributed by atoms with Crippen molar-refractivity contribution in [2.45, 2.75) is 31.8 Å². The van der Waals surface area contributed by atoms with Gasteiger partial charge in [0.1, 0.15) is 0 Å². The molecule has 1 aliphatic rings. The van der Waals surface area contributed by atoms with E-state index in [0.717, 1.165) is 18.4 Å². The number of hydrogen-bond donors (Lipinski definition) is 1. The van der Waals surface area contributed by atoms with Gasteiger partial charge >= 0.3 is 0 Å². The van der Waals surface area contributed by atoms with E-state index in [1.54, 1.807) is 26.0 Å². The number of nitrogens with one attached hydrogen (secondary N) is 1. The van der Waals surface area contributed by atoms with Crippen LogP contribution in [0.25, 0.3) is 0 Å². The van der Waals surface area contributed by atoms with Gasteiger partial charge in [-0.25, -0.2) is 4.68 Å². The number of anilines is 1. The third-order valence-electron chi connectivity index (χ3n) is 5.43. The molecule has 2 aromatic carbocycles. The van der Waals surface area contributed by atoms with Gasteiger partial charge in [-0.3, -0.25) is 0 Å². The molecule has 0 radical (unpaired) electrons. The summed E-state index contributed by atoms with van der Waals surface area (Å²) in [5, 5.41) is 15.7. The fourth-order valence-corrected chi connectivity index (χ4v) is 3.89. The van der Waals surface area contributed by atoms with Crippen molar-refractivity contribution in [3.63, 3.8) is 0 Å². The van der Waals surface area contributed by atoms with Gasteiger partial charge in [0, 0.05) is 5.56 Å². The summed E-state index contributed by atoms with van der Waals surface area (Å²) in [4.78, 5) is 0. The third kappa shape index (κ3) is 3.35. The molecule has 0 spiro atoms. The van der Waals surface area contributed by atoms with E-state index in [2.05, 4.69) is 52.0 Å². The van der Waals surface area contributed by atoms with Crippen LogP contribution < -0.4 is 19.5 Å². The topological polar surface area (TPSA) is 83.3 Å². The summed E-state index contributed by atoms with van der Waals surface area (Å²) in [5.41, 5.74) is 3.45. The first-order valence-electron chi connectivity index (χ1n) is 9.62. The van der Waals surface area contributed by atoms with Crippen molar-refractivity contribution in [3.8, 4) is 17.2 Å². The maximum absolute atomic E-state index is 5.72. The Bertz CT molecular complexity index is 986. The number of hydrogen-bond acceptors (Lipinski definition) is 7. The van der Waals surface area contributed by atoms with Crippen LogP contribution in [0.1, 0.15) is 42.1 Å². The van der Waals surface area contributed by atoms with Crippen LogP contribution in [-0.4, -0.2) is 41.5 Å². The van der Waals surface area contributed by atoms with Crippen molar-refractivity contribution in [1.29, 1.82) is 0 Å². The highest BCUT2D eigenvalue weighted by atomic mass is 16.5. The average molecular weight is 395 g/mol. The van der Waals surface area contributed by atoms with Gasteiger partial charge in [0.2, 0.25) is 11.7 Å². The van der Waals surface area contributed by atoms with E-state index in [1.807, 2.05) is 12.1 Å². The Morgan fingerprint density at radius 2 is 1.76 bits per heavy atom. The molecule has 4 rings (SSSR count). The Balaban J connectivity index is 1.77. The number of nitrogens with zero attached hydrogens (tertiary/aromatic N) is 4. The van der Waals surface area contributed by atoms with E-state index in [-0.39, 0.29) is 12.1 Å². The van der Waals surface area contributed by atoms with Gasteiger partial charge in [-0.05, 0) is 46.5 Å². The Morgan fingerprint density at radius 3 is 2.41 bits per heavy atom. The SMILES string of the molecule is CCc1ccc([C@H]2C[C@@H](c3ccc(OC)c(OC)c3OC)n3nnnc3N2)cc1. The zero-order valence-electron chi connectivity index (χ0n) is 17.0. The standard InChI is InChI=1S/C21H25N5O3/c1-5-13-6-8-14(9-7-13)16-12-17(26-21(22-16)23-24-25-26)15-10-11-18(27-2)20(29-4)19(15)28-3/h6-11,16-17H,5,12H2,1-4H3,(H,22,23,25)/t16-,17+/m1/s1. The molecule has 152 valence electrons. The van der Waals surface area contributed by atoms with Crippen molar-refractivity contribution in [2.75, 3.05) is 26.6 Å². The van der Waals surface area contributed by atoms with Gasteiger partial charge in [-0.15, -0.1) is 0 Å². The van der Waals surface area contributed by atoms with Crippen LogP contribution in [0, 0.1) is 0 Å². The van der Waals surface area contributed by atoms with Crippen molar-refractivity contribution < 1.29 is 14.2 Å². The van der Waals surface area contributed by atoms with Gasteiger partial charge in [0.05, 0.1) is 33.4 Å². The average Bonchev–Trinajstić information content (AvgIpc) is 3.26. The van der Waals surface area contributed by atoms with Gasteiger partial charge in [0.25, 0.3) is 0 Å². The van der Waals surface area contributed by atoms with Crippen LogP contribution in [0.5, 0.6) is 17.2 Å². The lowest BCUT2D eigenvalue weighted by atomic mass is 9.92. The zero-order valence-corrected chi connectivity index (χ0v) is 17.0. The normalized spacial score (nSPS) is 17.9. The minimum absolute atomic E-state index is 0.0715. The second-order valence-electron chi connectivity index (χ2n) is 6.91. The molecular weight excluding hydrogens is 370 g/mol. The lowest BCUT2D eigenvalue weighted by Crippen LogP contribution is -2.28. The highest BCUT2D eigenvalue weighted by molar-refractivity contribution is 5.57. The van der Waals surface area contributed by atoms with E-state index >= 15 is 0 Å². The molecule has 1 aromatic heterocycles. The van der Waals surface area contributed by atoms with Gasteiger partial charge in [-0.1, -0.05) is 36.3 Å². The van der Waals surface area contributed by atoms with Gasteiger partial charge < -0.3 is 19.5 Å². The smallest absolute Gasteiger partial charge is 0.243 e. The number of benzene rings is 2. The predicted octanol–water partition coefficient (Wildman–Crippen LogP) is 3.41. The summed E-state index contributed by atoms with van der Waals surface area (Å²) in [6, 6.07) is 12.5. The minimum atomic E-state index is -0.119. The molecule has 8 heteroatoms. The van der Waals surface area contributed by atoms with Crippen LogP contribution in [-0.2, 0) is 6.42 Å². The maximum atomic E-state index is 5.72. The first-order chi connectivity index (χ1) is 14.2. The van der Waals surface area contributed by atoms with Crippen molar-refractivity contribution in [3.05, 3.63) is 53.1 Å². The Labute approximate surface area is 169 Å². The number of aryl methyl sites for hydroxylation is 1. The number of fused-ring (bicyclic) bond motifs is 1. The molecule has 0 amide bonds. The number of tetrazole rings is 1. The van der Waals surface area contributed by atoms with Crippen molar-refractivity contribution >= 4 is 5.95 Å². The van der Waals surface area contributed by atoms with E-state index in [1.165, 1.54) is 11.1 Å². The molecule has 1 aliphatic heterocycles. The molecule has 1 N–H and O–H groups in total. The fraction of sp³-hybridized carbons (Fsp3) is 0.381. The summed E-state index contributed by atoms with van der Waals surface area (Å²) < 4.78 is 18.5. The summed E-state index contributed by atoms with van der Waals surface area (Å²) in [7, 11) is 4.84. The zero-order chi connectivity index (χ0) is 20.4. The van der Waals surface area contributed by atoms with Gasteiger partial charge in [0.15, 0.2) is 11.5 Å². The molecule has 0 saturated heterocycles. The predicted molar refractivity (Wildman–Crippen MR) is 109 cm³/mol.